The lowest BCUT2D eigenvalue weighted by atomic mass is 10.1. The van der Waals surface area contributed by atoms with Crippen molar-refractivity contribution in [1.82, 2.24) is 14.8 Å². The summed E-state index contributed by atoms with van der Waals surface area (Å²) >= 11 is 0. The molecule has 7 heteroatoms. The van der Waals surface area contributed by atoms with Gasteiger partial charge in [0.25, 0.3) is 5.91 Å². The van der Waals surface area contributed by atoms with Crippen LogP contribution in [0, 0.1) is 5.92 Å². The van der Waals surface area contributed by atoms with Gasteiger partial charge in [0, 0.05) is 23.9 Å². The highest BCUT2D eigenvalue weighted by Crippen LogP contribution is 2.30. The Bertz CT molecular complexity index is 937. The minimum atomic E-state index is -0.656. The number of rotatable bonds is 4. The lowest BCUT2D eigenvalue weighted by Crippen LogP contribution is -2.54. The highest BCUT2D eigenvalue weighted by Gasteiger charge is 2.46. The Morgan fingerprint density at radius 3 is 2.79 bits per heavy atom. The monoisotopic (exact) mass is 397 g/mol. The van der Waals surface area contributed by atoms with Gasteiger partial charge in [0.05, 0.1) is 12.1 Å². The predicted octanol–water partition coefficient (Wildman–Crippen LogP) is 2.55. The molecule has 0 saturated carbocycles. The van der Waals surface area contributed by atoms with Crippen LogP contribution < -0.4 is 5.32 Å². The van der Waals surface area contributed by atoms with E-state index in [-0.39, 0.29) is 23.6 Å². The van der Waals surface area contributed by atoms with Gasteiger partial charge in [-0.3, -0.25) is 19.0 Å². The van der Waals surface area contributed by atoms with Crippen LogP contribution >= 0.6 is 0 Å². The van der Waals surface area contributed by atoms with Crippen molar-refractivity contribution < 1.29 is 19.1 Å². The first-order chi connectivity index (χ1) is 14.0. The van der Waals surface area contributed by atoms with Crippen LogP contribution in [0.4, 0.5) is 0 Å². The number of ether oxygens (including phenoxy) is 1. The average molecular weight is 397 g/mol. The van der Waals surface area contributed by atoms with Crippen LogP contribution in [0.1, 0.15) is 44.3 Å². The summed E-state index contributed by atoms with van der Waals surface area (Å²) < 4.78 is 7.49. The molecule has 29 heavy (non-hydrogen) atoms. The maximum absolute atomic E-state index is 13.3. The molecule has 3 heterocycles. The molecule has 1 aromatic carbocycles. The number of nitrogens with zero attached hydrogens (tertiary/aromatic N) is 2. The summed E-state index contributed by atoms with van der Waals surface area (Å²) in [5.74, 6) is -0.663. The molecule has 154 valence electrons. The number of carbonyl (C=O) groups excluding carboxylic acids is 3. The van der Waals surface area contributed by atoms with E-state index >= 15 is 0 Å². The molecule has 2 aliphatic heterocycles. The van der Waals surface area contributed by atoms with E-state index in [0.29, 0.717) is 32.3 Å². The second kappa shape index (κ2) is 7.99. The molecule has 4 rings (SSSR count). The van der Waals surface area contributed by atoms with Crippen molar-refractivity contribution in [2.24, 2.45) is 5.92 Å². The Balaban J connectivity index is 1.58. The molecule has 2 aliphatic rings. The summed E-state index contributed by atoms with van der Waals surface area (Å²) in [6.07, 6.45) is 3.63. The first kappa shape index (κ1) is 19.6. The quantitative estimate of drug-likeness (QED) is 0.860. The van der Waals surface area contributed by atoms with Crippen LogP contribution in [0.2, 0.25) is 0 Å². The van der Waals surface area contributed by atoms with Gasteiger partial charge in [-0.15, -0.1) is 0 Å². The van der Waals surface area contributed by atoms with Gasteiger partial charge < -0.3 is 15.0 Å². The number of nitrogens with one attached hydrogen (secondary N) is 1. The zero-order chi connectivity index (χ0) is 20.5. The van der Waals surface area contributed by atoms with Crippen LogP contribution in [-0.2, 0) is 14.3 Å². The molecule has 4 atom stereocenters. The van der Waals surface area contributed by atoms with Crippen LogP contribution in [0.15, 0.2) is 36.5 Å². The molecule has 0 bridgehead atoms. The molecule has 1 aromatic heterocycles. The van der Waals surface area contributed by atoms with Gasteiger partial charge in [-0.2, -0.15) is 0 Å². The Morgan fingerprint density at radius 2 is 2.00 bits per heavy atom. The number of amides is 2. The van der Waals surface area contributed by atoms with E-state index in [1.165, 1.54) is 0 Å². The molecule has 7 nitrogen and oxygen atoms in total. The van der Waals surface area contributed by atoms with Gasteiger partial charge in [-0.1, -0.05) is 32.0 Å². The molecule has 2 amide bonds. The van der Waals surface area contributed by atoms with Crippen molar-refractivity contribution in [3.63, 3.8) is 0 Å². The van der Waals surface area contributed by atoms with Gasteiger partial charge in [-0.25, -0.2) is 0 Å². The predicted molar refractivity (Wildman–Crippen MR) is 108 cm³/mol. The number of para-hydroxylation sites is 1. The fraction of sp³-hybridized carbons (Fsp3) is 0.500. The van der Waals surface area contributed by atoms with Crippen molar-refractivity contribution >= 4 is 28.6 Å². The van der Waals surface area contributed by atoms with Crippen LogP contribution in [0.25, 0.3) is 10.9 Å². The van der Waals surface area contributed by atoms with Gasteiger partial charge in [0.1, 0.15) is 18.3 Å². The third-order valence-corrected chi connectivity index (χ3v) is 6.10. The number of aromatic nitrogens is 1. The largest absolute Gasteiger partial charge is 0.358 e. The Kier molecular flexibility index (Phi) is 5.41. The zero-order valence-electron chi connectivity index (χ0n) is 16.8. The standard InChI is InChI=1S/C22H27N3O4/c1-3-14(2)20(26)23-16-11-13-29-19-9-8-18(25(19)21(16)27)22(28)24-12-10-15-6-4-5-7-17(15)24/h4-7,10,12,14,16,18-19H,3,8-9,11,13H2,1-2H3,(H,23,26)/t14-,16+,18?,19+/m1/s1. The number of carbonyl (C=O) groups is 3. The third-order valence-electron chi connectivity index (χ3n) is 6.10. The van der Waals surface area contributed by atoms with Gasteiger partial charge >= 0.3 is 0 Å². The number of fused-ring (bicyclic) bond motifs is 2. The SMILES string of the molecule is CC[C@@H](C)C(=O)N[C@H]1CCO[C@H]2CCC(C(=O)n3ccc4ccccc43)N2C1=O. The Morgan fingerprint density at radius 1 is 1.21 bits per heavy atom. The fourth-order valence-corrected chi connectivity index (χ4v) is 4.18. The maximum Gasteiger partial charge on any atom is 0.253 e. The lowest BCUT2D eigenvalue weighted by molar-refractivity contribution is -0.143. The fourth-order valence-electron chi connectivity index (χ4n) is 4.18. The molecule has 0 spiro atoms. The highest BCUT2D eigenvalue weighted by atomic mass is 16.5. The molecule has 2 aromatic rings. The third kappa shape index (κ3) is 3.55. The smallest absolute Gasteiger partial charge is 0.253 e. The lowest BCUT2D eigenvalue weighted by Gasteiger charge is -2.30. The second-order valence-electron chi connectivity index (χ2n) is 7.91. The van der Waals surface area contributed by atoms with Gasteiger partial charge in [0.2, 0.25) is 11.8 Å². The minimum absolute atomic E-state index is 0.136. The second-order valence-corrected chi connectivity index (χ2v) is 7.91. The van der Waals surface area contributed by atoms with Crippen LogP contribution in [-0.4, -0.2) is 52.1 Å². The van der Waals surface area contributed by atoms with E-state index in [1.54, 1.807) is 15.7 Å². The average Bonchev–Trinajstić information content (AvgIpc) is 3.32. The van der Waals surface area contributed by atoms with E-state index in [4.69, 9.17) is 4.74 Å². The van der Waals surface area contributed by atoms with E-state index in [1.807, 2.05) is 44.2 Å². The van der Waals surface area contributed by atoms with Gasteiger partial charge in [-0.05, 0) is 31.4 Å². The van der Waals surface area contributed by atoms with E-state index in [2.05, 4.69) is 5.32 Å². The first-order valence-electron chi connectivity index (χ1n) is 10.4. The summed E-state index contributed by atoms with van der Waals surface area (Å²) in [6, 6.07) is 8.33. The summed E-state index contributed by atoms with van der Waals surface area (Å²) in [6.45, 7) is 4.16. The topological polar surface area (TPSA) is 80.6 Å². The zero-order valence-corrected chi connectivity index (χ0v) is 16.8. The van der Waals surface area contributed by atoms with Crippen molar-refractivity contribution in [2.45, 2.75) is 57.8 Å². The molecule has 1 N–H and O–H groups in total. The summed E-state index contributed by atoms with van der Waals surface area (Å²) in [5, 5.41) is 3.85. The van der Waals surface area contributed by atoms with Gasteiger partial charge in [0.15, 0.2) is 0 Å². The molecule has 0 aliphatic carbocycles. The molecular weight excluding hydrogens is 370 g/mol. The molecular formula is C22H27N3O4. The molecule has 0 radical (unpaired) electrons. The van der Waals surface area contributed by atoms with Crippen molar-refractivity contribution in [1.29, 1.82) is 0 Å². The summed E-state index contributed by atoms with van der Waals surface area (Å²) in [4.78, 5) is 40.5. The van der Waals surface area contributed by atoms with Crippen molar-refractivity contribution in [3.05, 3.63) is 36.5 Å². The Labute approximate surface area is 170 Å². The van der Waals surface area contributed by atoms with Crippen LogP contribution in [0.5, 0.6) is 0 Å². The Hall–Kier alpha value is -2.67. The first-order valence-corrected chi connectivity index (χ1v) is 10.4. The van der Waals surface area contributed by atoms with Crippen LogP contribution in [0.3, 0.4) is 0 Å². The van der Waals surface area contributed by atoms with E-state index < -0.39 is 18.3 Å². The van der Waals surface area contributed by atoms with E-state index in [9.17, 15) is 14.4 Å². The van der Waals surface area contributed by atoms with Crippen molar-refractivity contribution in [3.8, 4) is 0 Å². The number of hydrogen-bond donors (Lipinski definition) is 1. The minimum Gasteiger partial charge on any atom is -0.358 e. The number of benzene rings is 1. The highest BCUT2D eigenvalue weighted by molar-refractivity contribution is 5.98. The normalized spacial score (nSPS) is 25.5. The summed E-state index contributed by atoms with van der Waals surface area (Å²) in [7, 11) is 0. The molecule has 2 fully saturated rings. The van der Waals surface area contributed by atoms with Crippen molar-refractivity contribution in [2.75, 3.05) is 6.61 Å². The van der Waals surface area contributed by atoms with E-state index in [0.717, 1.165) is 10.9 Å². The molecule has 1 unspecified atom stereocenters. The molecule has 2 saturated heterocycles. The maximum atomic E-state index is 13.3. The summed E-state index contributed by atoms with van der Waals surface area (Å²) in [5.41, 5.74) is 0.825. The number of hydrogen-bond acceptors (Lipinski definition) is 4.